The highest BCUT2D eigenvalue weighted by Gasteiger charge is 2.25. The Hall–Kier alpha value is -1.66. The van der Waals surface area contributed by atoms with Gasteiger partial charge in [-0.3, -0.25) is 4.79 Å². The van der Waals surface area contributed by atoms with Crippen LogP contribution in [0.25, 0.3) is 0 Å². The monoisotopic (exact) mass is 304 g/mol. The average molecular weight is 304 g/mol. The van der Waals surface area contributed by atoms with Gasteiger partial charge in [0.1, 0.15) is 5.82 Å². The van der Waals surface area contributed by atoms with Crippen LogP contribution >= 0.6 is 0 Å². The molecule has 3 rings (SSSR count). The van der Waals surface area contributed by atoms with Gasteiger partial charge >= 0.3 is 0 Å². The highest BCUT2D eigenvalue weighted by atomic mass is 16.5. The van der Waals surface area contributed by atoms with E-state index in [4.69, 9.17) is 4.74 Å². The Morgan fingerprint density at radius 3 is 2.64 bits per heavy atom. The lowest BCUT2D eigenvalue weighted by Crippen LogP contribution is -2.50. The van der Waals surface area contributed by atoms with Gasteiger partial charge in [-0.05, 0) is 25.5 Å². The zero-order chi connectivity index (χ0) is 15.5. The lowest BCUT2D eigenvalue weighted by Gasteiger charge is -2.36. The van der Waals surface area contributed by atoms with E-state index in [0.29, 0.717) is 6.54 Å². The van der Waals surface area contributed by atoms with Gasteiger partial charge in [0.15, 0.2) is 0 Å². The standard InChI is InChI=1S/C16H24N4O2/c1-11-9-20(10-12(2)22-11)15-4-3-13(5-18-15)6-19-16(21)14-7-17-8-14/h3-5,11-12,14,17H,6-10H2,1-2H3,(H,19,21). The second-order valence-corrected chi connectivity index (χ2v) is 6.26. The molecule has 1 amide bonds. The van der Waals surface area contributed by atoms with Gasteiger partial charge in [0, 0.05) is 38.9 Å². The predicted molar refractivity (Wildman–Crippen MR) is 84.7 cm³/mol. The fraction of sp³-hybridized carbons (Fsp3) is 0.625. The maximum absolute atomic E-state index is 11.8. The maximum atomic E-state index is 11.8. The second-order valence-electron chi connectivity index (χ2n) is 6.26. The Labute approximate surface area is 131 Å². The van der Waals surface area contributed by atoms with E-state index < -0.39 is 0 Å². The summed E-state index contributed by atoms with van der Waals surface area (Å²) in [5.41, 5.74) is 1.03. The van der Waals surface area contributed by atoms with Crippen LogP contribution in [0.15, 0.2) is 18.3 Å². The van der Waals surface area contributed by atoms with Crippen LogP contribution in [0.3, 0.4) is 0 Å². The quantitative estimate of drug-likeness (QED) is 0.849. The molecular formula is C16H24N4O2. The Bertz CT molecular complexity index is 505. The number of aromatic nitrogens is 1. The lowest BCUT2D eigenvalue weighted by atomic mass is 10.0. The number of ether oxygens (including phenoxy) is 1. The van der Waals surface area contributed by atoms with Gasteiger partial charge in [0.2, 0.25) is 5.91 Å². The van der Waals surface area contributed by atoms with E-state index in [2.05, 4.69) is 34.4 Å². The third-order valence-corrected chi connectivity index (χ3v) is 4.17. The number of carbonyl (C=O) groups is 1. The highest BCUT2D eigenvalue weighted by Crippen LogP contribution is 2.18. The number of morpholine rings is 1. The Kier molecular flexibility index (Phi) is 4.59. The molecular weight excluding hydrogens is 280 g/mol. The largest absolute Gasteiger partial charge is 0.372 e. The van der Waals surface area contributed by atoms with E-state index in [1.807, 2.05) is 18.3 Å². The Balaban J connectivity index is 1.54. The Morgan fingerprint density at radius 1 is 1.36 bits per heavy atom. The van der Waals surface area contributed by atoms with Crippen molar-refractivity contribution in [1.29, 1.82) is 0 Å². The van der Waals surface area contributed by atoms with Gasteiger partial charge < -0.3 is 20.3 Å². The van der Waals surface area contributed by atoms with E-state index >= 15 is 0 Å². The number of hydrogen-bond acceptors (Lipinski definition) is 5. The first-order valence-corrected chi connectivity index (χ1v) is 7.95. The topological polar surface area (TPSA) is 66.5 Å². The minimum Gasteiger partial charge on any atom is -0.372 e. The fourth-order valence-corrected chi connectivity index (χ4v) is 2.88. The molecule has 0 spiro atoms. The number of hydrogen-bond donors (Lipinski definition) is 2. The van der Waals surface area contributed by atoms with Gasteiger partial charge in [-0.1, -0.05) is 6.07 Å². The van der Waals surface area contributed by atoms with Crippen molar-refractivity contribution in [3.63, 3.8) is 0 Å². The summed E-state index contributed by atoms with van der Waals surface area (Å²) in [7, 11) is 0. The van der Waals surface area contributed by atoms with E-state index in [9.17, 15) is 4.79 Å². The molecule has 6 heteroatoms. The molecule has 2 N–H and O–H groups in total. The number of anilines is 1. The van der Waals surface area contributed by atoms with Crippen molar-refractivity contribution in [2.24, 2.45) is 5.92 Å². The van der Waals surface area contributed by atoms with Crippen molar-refractivity contribution in [2.45, 2.75) is 32.6 Å². The molecule has 1 aromatic rings. The normalized spacial score (nSPS) is 25.6. The lowest BCUT2D eigenvalue weighted by molar-refractivity contribution is -0.126. The highest BCUT2D eigenvalue weighted by molar-refractivity contribution is 5.79. The smallest absolute Gasteiger partial charge is 0.225 e. The van der Waals surface area contributed by atoms with Crippen LogP contribution in [0.4, 0.5) is 5.82 Å². The van der Waals surface area contributed by atoms with E-state index in [1.165, 1.54) is 0 Å². The molecule has 0 bridgehead atoms. The van der Waals surface area contributed by atoms with Gasteiger partial charge in [0.25, 0.3) is 0 Å². The van der Waals surface area contributed by atoms with E-state index in [0.717, 1.165) is 37.6 Å². The molecule has 0 saturated carbocycles. The molecule has 0 aromatic carbocycles. The summed E-state index contributed by atoms with van der Waals surface area (Å²) in [6.45, 7) is 8.01. The zero-order valence-corrected chi connectivity index (χ0v) is 13.2. The molecule has 2 unspecified atom stereocenters. The number of pyridine rings is 1. The third-order valence-electron chi connectivity index (χ3n) is 4.17. The summed E-state index contributed by atoms with van der Waals surface area (Å²) < 4.78 is 5.74. The van der Waals surface area contributed by atoms with Gasteiger partial charge in [0.05, 0.1) is 18.1 Å². The van der Waals surface area contributed by atoms with Crippen LogP contribution in [-0.4, -0.2) is 49.3 Å². The molecule has 3 heterocycles. The van der Waals surface area contributed by atoms with Gasteiger partial charge in [-0.2, -0.15) is 0 Å². The first-order chi connectivity index (χ1) is 10.6. The summed E-state index contributed by atoms with van der Waals surface area (Å²) in [5, 5.41) is 6.06. The van der Waals surface area contributed by atoms with Gasteiger partial charge in [-0.15, -0.1) is 0 Å². The minimum atomic E-state index is 0.124. The zero-order valence-electron chi connectivity index (χ0n) is 13.2. The fourth-order valence-electron chi connectivity index (χ4n) is 2.88. The summed E-state index contributed by atoms with van der Waals surface area (Å²) in [6.07, 6.45) is 2.29. The van der Waals surface area contributed by atoms with Crippen molar-refractivity contribution >= 4 is 11.7 Å². The first kappa shape index (κ1) is 15.2. The molecule has 2 saturated heterocycles. The number of carbonyl (C=O) groups excluding carboxylic acids is 1. The Morgan fingerprint density at radius 2 is 2.09 bits per heavy atom. The summed E-state index contributed by atoms with van der Waals surface area (Å²) in [4.78, 5) is 18.6. The molecule has 2 aliphatic rings. The molecule has 2 fully saturated rings. The summed E-state index contributed by atoms with van der Waals surface area (Å²) in [6, 6.07) is 4.06. The molecule has 22 heavy (non-hydrogen) atoms. The number of rotatable bonds is 4. The average Bonchev–Trinajstić information content (AvgIpc) is 2.43. The van der Waals surface area contributed by atoms with Crippen molar-refractivity contribution < 1.29 is 9.53 Å². The van der Waals surface area contributed by atoms with E-state index in [1.54, 1.807) is 0 Å². The van der Waals surface area contributed by atoms with Crippen LogP contribution in [0.1, 0.15) is 19.4 Å². The molecule has 2 atom stereocenters. The molecule has 2 aliphatic heterocycles. The van der Waals surface area contributed by atoms with Crippen molar-refractivity contribution in [3.8, 4) is 0 Å². The minimum absolute atomic E-state index is 0.124. The van der Waals surface area contributed by atoms with E-state index in [-0.39, 0.29) is 24.0 Å². The van der Waals surface area contributed by atoms with Crippen LogP contribution in [-0.2, 0) is 16.1 Å². The third kappa shape index (κ3) is 3.56. The number of nitrogens with zero attached hydrogens (tertiary/aromatic N) is 2. The number of nitrogens with one attached hydrogen (secondary N) is 2. The van der Waals surface area contributed by atoms with Crippen LogP contribution in [0, 0.1) is 5.92 Å². The summed E-state index contributed by atoms with van der Waals surface area (Å²) in [5.74, 6) is 1.22. The number of amides is 1. The molecule has 0 radical (unpaired) electrons. The molecule has 6 nitrogen and oxygen atoms in total. The van der Waals surface area contributed by atoms with Crippen LogP contribution < -0.4 is 15.5 Å². The van der Waals surface area contributed by atoms with Crippen LogP contribution in [0.2, 0.25) is 0 Å². The van der Waals surface area contributed by atoms with Crippen molar-refractivity contribution in [2.75, 3.05) is 31.1 Å². The van der Waals surface area contributed by atoms with Crippen molar-refractivity contribution in [3.05, 3.63) is 23.9 Å². The molecule has 0 aliphatic carbocycles. The van der Waals surface area contributed by atoms with Gasteiger partial charge in [-0.25, -0.2) is 4.98 Å². The second kappa shape index (κ2) is 6.62. The van der Waals surface area contributed by atoms with Crippen LogP contribution in [0.5, 0.6) is 0 Å². The predicted octanol–water partition coefficient (Wildman–Crippen LogP) is 0.531. The summed E-state index contributed by atoms with van der Waals surface area (Å²) >= 11 is 0. The maximum Gasteiger partial charge on any atom is 0.225 e. The first-order valence-electron chi connectivity index (χ1n) is 7.95. The SMILES string of the molecule is CC1CN(c2ccc(CNC(=O)C3CNC3)cn2)CC(C)O1. The van der Waals surface area contributed by atoms with Crippen molar-refractivity contribution in [1.82, 2.24) is 15.6 Å². The molecule has 1 aromatic heterocycles. The molecule has 120 valence electrons.